The maximum atomic E-state index is 12.0. The van der Waals surface area contributed by atoms with Crippen molar-refractivity contribution >= 4 is 14.2 Å². The number of unbranched alkanes of at least 4 members (excludes halogenated alkanes) is 3. The van der Waals surface area contributed by atoms with Gasteiger partial charge in [0.25, 0.3) is 0 Å². The maximum absolute atomic E-state index is 12.0. The van der Waals surface area contributed by atoms with Crippen LogP contribution in [0, 0.1) is 5.92 Å². The Kier molecular flexibility index (Phi) is 11.7. The number of carbonyl (C=O) groups excluding carboxylic acids is 1. The van der Waals surface area contributed by atoms with Gasteiger partial charge in [0.15, 0.2) is 0 Å². The Labute approximate surface area is 139 Å². The Morgan fingerprint density at radius 2 is 1.68 bits per heavy atom. The highest BCUT2D eigenvalue weighted by molar-refractivity contribution is 6.76. The quantitative estimate of drug-likeness (QED) is 0.361. The summed E-state index contributed by atoms with van der Waals surface area (Å²) in [5.74, 6) is 0.561. The van der Waals surface area contributed by atoms with Gasteiger partial charge in [0.1, 0.15) is 0 Å². The van der Waals surface area contributed by atoms with Gasteiger partial charge in [-0.2, -0.15) is 0 Å². The summed E-state index contributed by atoms with van der Waals surface area (Å²) >= 11 is 0. The SMILES string of the molecule is CCCCCCC(NC(=O)OCC[Si](C)(C)C)C(CC)CC. The zero-order valence-electron chi connectivity index (χ0n) is 15.8. The molecule has 0 saturated heterocycles. The number of amides is 1. The third kappa shape index (κ3) is 11.1. The number of alkyl carbamates (subject to hydrolysis) is 1. The zero-order valence-corrected chi connectivity index (χ0v) is 16.8. The monoisotopic (exact) mass is 329 g/mol. The highest BCUT2D eigenvalue weighted by Gasteiger charge is 2.21. The predicted octanol–water partition coefficient (Wildman–Crippen LogP) is 5.83. The second kappa shape index (κ2) is 12.0. The van der Waals surface area contributed by atoms with Crippen LogP contribution in [0.15, 0.2) is 0 Å². The third-order valence-corrected chi connectivity index (χ3v) is 6.08. The topological polar surface area (TPSA) is 38.3 Å². The van der Waals surface area contributed by atoms with Gasteiger partial charge in [-0.1, -0.05) is 78.9 Å². The summed E-state index contributed by atoms with van der Waals surface area (Å²) in [4.78, 5) is 12.0. The van der Waals surface area contributed by atoms with E-state index in [9.17, 15) is 4.79 Å². The molecule has 0 aromatic heterocycles. The number of nitrogens with one attached hydrogen (secondary N) is 1. The molecule has 0 aliphatic heterocycles. The molecule has 22 heavy (non-hydrogen) atoms. The van der Waals surface area contributed by atoms with E-state index < -0.39 is 8.07 Å². The van der Waals surface area contributed by atoms with E-state index in [1.807, 2.05) is 0 Å². The number of ether oxygens (including phenoxy) is 1. The van der Waals surface area contributed by atoms with Crippen LogP contribution in [-0.4, -0.2) is 26.8 Å². The van der Waals surface area contributed by atoms with Crippen molar-refractivity contribution in [3.05, 3.63) is 0 Å². The van der Waals surface area contributed by atoms with Gasteiger partial charge in [-0.3, -0.25) is 0 Å². The van der Waals surface area contributed by atoms with Gasteiger partial charge in [-0.05, 0) is 18.4 Å². The molecule has 0 rings (SSSR count). The number of carbonyl (C=O) groups is 1. The second-order valence-corrected chi connectivity index (χ2v) is 13.2. The summed E-state index contributed by atoms with van der Waals surface area (Å²) in [6, 6.07) is 1.30. The Morgan fingerprint density at radius 3 is 2.18 bits per heavy atom. The normalized spacial score (nSPS) is 13.2. The Hall–Kier alpha value is -0.513. The van der Waals surface area contributed by atoms with E-state index in [4.69, 9.17) is 4.74 Å². The minimum atomic E-state index is -1.13. The third-order valence-electron chi connectivity index (χ3n) is 4.37. The van der Waals surface area contributed by atoms with Gasteiger partial charge in [0.2, 0.25) is 0 Å². The van der Waals surface area contributed by atoms with Gasteiger partial charge in [0, 0.05) is 14.1 Å². The van der Waals surface area contributed by atoms with Crippen molar-refractivity contribution in [1.29, 1.82) is 0 Å². The standard InChI is InChI=1S/C18H39NO2Si/c1-7-10-11-12-13-17(16(8-2)9-3)19-18(20)21-14-15-22(4,5)6/h16-17H,7-15H2,1-6H3,(H,19,20). The van der Waals surface area contributed by atoms with Gasteiger partial charge < -0.3 is 10.1 Å². The van der Waals surface area contributed by atoms with E-state index in [0.29, 0.717) is 12.5 Å². The second-order valence-electron chi connectivity index (χ2n) is 7.62. The Balaban J connectivity index is 4.27. The van der Waals surface area contributed by atoms with Crippen LogP contribution in [0.1, 0.15) is 65.7 Å². The van der Waals surface area contributed by atoms with E-state index >= 15 is 0 Å². The van der Waals surface area contributed by atoms with Crippen molar-refractivity contribution in [2.24, 2.45) is 5.92 Å². The highest BCUT2D eigenvalue weighted by atomic mass is 28.3. The van der Waals surface area contributed by atoms with Gasteiger partial charge in [-0.25, -0.2) is 4.79 Å². The van der Waals surface area contributed by atoms with E-state index in [-0.39, 0.29) is 12.1 Å². The minimum Gasteiger partial charge on any atom is -0.450 e. The molecule has 0 heterocycles. The molecule has 0 fully saturated rings. The molecular weight excluding hydrogens is 290 g/mol. The summed E-state index contributed by atoms with van der Waals surface area (Å²) in [5.41, 5.74) is 0. The molecule has 4 heteroatoms. The molecule has 3 nitrogen and oxygen atoms in total. The predicted molar refractivity (Wildman–Crippen MR) is 99.3 cm³/mol. The minimum absolute atomic E-state index is 0.217. The summed E-state index contributed by atoms with van der Waals surface area (Å²) in [7, 11) is -1.13. The molecule has 1 unspecified atom stereocenters. The fraction of sp³-hybridized carbons (Fsp3) is 0.944. The van der Waals surface area contributed by atoms with E-state index in [2.05, 4.69) is 45.7 Å². The summed E-state index contributed by atoms with van der Waals surface area (Å²) in [6.45, 7) is 14.1. The molecule has 0 aliphatic rings. The molecule has 0 radical (unpaired) electrons. The molecule has 1 amide bonds. The first-order valence-electron chi connectivity index (χ1n) is 9.27. The number of rotatable bonds is 12. The van der Waals surface area contributed by atoms with Crippen LogP contribution < -0.4 is 5.32 Å². The van der Waals surface area contributed by atoms with Crippen molar-refractivity contribution in [2.45, 2.75) is 97.4 Å². The van der Waals surface area contributed by atoms with Crippen LogP contribution in [-0.2, 0) is 4.74 Å². The average molecular weight is 330 g/mol. The molecule has 0 saturated carbocycles. The zero-order chi connectivity index (χ0) is 17.0. The van der Waals surface area contributed by atoms with Gasteiger partial charge >= 0.3 is 6.09 Å². The largest absolute Gasteiger partial charge is 0.450 e. The number of hydrogen-bond acceptors (Lipinski definition) is 2. The van der Waals surface area contributed by atoms with Crippen molar-refractivity contribution in [1.82, 2.24) is 5.32 Å². The van der Waals surface area contributed by atoms with Gasteiger partial charge in [0.05, 0.1) is 6.61 Å². The molecule has 1 atom stereocenters. The summed E-state index contributed by atoms with van der Waals surface area (Å²) in [6.07, 6.45) is 8.09. The van der Waals surface area contributed by atoms with Crippen LogP contribution in [0.25, 0.3) is 0 Å². The first kappa shape index (κ1) is 21.5. The Morgan fingerprint density at radius 1 is 1.05 bits per heavy atom. The highest BCUT2D eigenvalue weighted by Crippen LogP contribution is 2.19. The number of hydrogen-bond donors (Lipinski definition) is 1. The fourth-order valence-electron chi connectivity index (χ4n) is 2.72. The van der Waals surface area contributed by atoms with Crippen LogP contribution in [0.5, 0.6) is 0 Å². The smallest absolute Gasteiger partial charge is 0.407 e. The first-order valence-corrected chi connectivity index (χ1v) is 13.0. The van der Waals surface area contributed by atoms with Gasteiger partial charge in [-0.15, -0.1) is 0 Å². The molecule has 0 bridgehead atoms. The molecule has 0 aliphatic carbocycles. The lowest BCUT2D eigenvalue weighted by atomic mass is 9.90. The van der Waals surface area contributed by atoms with Crippen LogP contribution >= 0.6 is 0 Å². The molecule has 132 valence electrons. The molecular formula is C18H39NO2Si. The van der Waals surface area contributed by atoms with Crippen molar-refractivity contribution in [3.63, 3.8) is 0 Å². The summed E-state index contributed by atoms with van der Waals surface area (Å²) in [5, 5.41) is 3.14. The van der Waals surface area contributed by atoms with E-state index in [1.54, 1.807) is 0 Å². The lowest BCUT2D eigenvalue weighted by Crippen LogP contribution is -2.40. The van der Waals surface area contributed by atoms with Crippen molar-refractivity contribution < 1.29 is 9.53 Å². The average Bonchev–Trinajstić information content (AvgIpc) is 2.43. The lowest BCUT2D eigenvalue weighted by Gasteiger charge is -2.26. The fourth-order valence-corrected chi connectivity index (χ4v) is 3.43. The van der Waals surface area contributed by atoms with E-state index in [0.717, 1.165) is 25.3 Å². The molecule has 0 aromatic carbocycles. The van der Waals surface area contributed by atoms with Crippen LogP contribution in [0.4, 0.5) is 4.79 Å². The van der Waals surface area contributed by atoms with Crippen molar-refractivity contribution in [2.75, 3.05) is 6.61 Å². The first-order chi connectivity index (χ1) is 10.3. The maximum Gasteiger partial charge on any atom is 0.407 e. The van der Waals surface area contributed by atoms with Crippen LogP contribution in [0.2, 0.25) is 25.7 Å². The molecule has 1 N–H and O–H groups in total. The van der Waals surface area contributed by atoms with E-state index in [1.165, 1.54) is 25.7 Å². The lowest BCUT2D eigenvalue weighted by molar-refractivity contribution is 0.141. The molecule has 0 spiro atoms. The summed E-state index contributed by atoms with van der Waals surface area (Å²) < 4.78 is 5.40. The van der Waals surface area contributed by atoms with Crippen LogP contribution in [0.3, 0.4) is 0 Å². The van der Waals surface area contributed by atoms with Crippen molar-refractivity contribution in [3.8, 4) is 0 Å². The molecule has 0 aromatic rings. The Bertz CT molecular complexity index is 285.